The fourth-order valence-electron chi connectivity index (χ4n) is 4.16. The van der Waals surface area contributed by atoms with Gasteiger partial charge < -0.3 is 10.6 Å². The van der Waals surface area contributed by atoms with Crippen LogP contribution in [-0.4, -0.2) is 53.0 Å². The van der Waals surface area contributed by atoms with Gasteiger partial charge in [-0.05, 0) is 56.1 Å². The molecule has 4 heteroatoms. The molecule has 0 aliphatic carbocycles. The summed E-state index contributed by atoms with van der Waals surface area (Å²) in [6.45, 7) is 8.75. The van der Waals surface area contributed by atoms with E-state index >= 15 is 0 Å². The van der Waals surface area contributed by atoms with Crippen LogP contribution in [0.5, 0.6) is 0 Å². The Kier molecular flexibility index (Phi) is 4.06. The van der Waals surface area contributed by atoms with E-state index in [0.29, 0.717) is 0 Å². The van der Waals surface area contributed by atoms with E-state index in [1.165, 1.54) is 31.5 Å². The molecular formula is C16H26N4. The van der Waals surface area contributed by atoms with E-state index in [9.17, 15) is 0 Å². The number of piperidine rings is 3. The molecule has 3 aliphatic heterocycles. The van der Waals surface area contributed by atoms with Crippen molar-refractivity contribution < 1.29 is 0 Å². The number of hydrogen-bond donors (Lipinski definition) is 1. The molecule has 20 heavy (non-hydrogen) atoms. The molecule has 3 fully saturated rings. The molecule has 1 unspecified atom stereocenters. The fourth-order valence-corrected chi connectivity index (χ4v) is 4.16. The molecule has 3 aliphatic rings. The normalized spacial score (nSPS) is 32.8. The highest BCUT2D eigenvalue weighted by Gasteiger charge is 2.48. The first kappa shape index (κ1) is 14.0. The van der Waals surface area contributed by atoms with Crippen molar-refractivity contribution in [2.24, 2.45) is 11.7 Å². The lowest BCUT2D eigenvalue weighted by Gasteiger charge is -2.57. The predicted octanol–water partition coefficient (Wildman–Crippen LogP) is 1.33. The average Bonchev–Trinajstić information content (AvgIpc) is 2.54. The van der Waals surface area contributed by atoms with E-state index in [2.05, 4.69) is 33.8 Å². The molecule has 2 N–H and O–H groups in total. The second kappa shape index (κ2) is 5.80. The van der Waals surface area contributed by atoms with E-state index in [4.69, 9.17) is 5.73 Å². The van der Waals surface area contributed by atoms with Crippen molar-refractivity contribution >= 4 is 0 Å². The minimum atomic E-state index is 0.175. The summed E-state index contributed by atoms with van der Waals surface area (Å²) in [5.74, 6) is 0.763. The minimum absolute atomic E-state index is 0.175. The molecule has 0 saturated carbocycles. The van der Waals surface area contributed by atoms with Gasteiger partial charge in [-0.25, -0.2) is 0 Å². The number of likely N-dealkylation sites (N-methyl/N-ethyl adjacent to an activating group) is 1. The number of fused-ring (bicyclic) bond motifs is 3. The van der Waals surface area contributed by atoms with E-state index in [1.54, 1.807) is 0 Å². The second-order valence-electron chi connectivity index (χ2n) is 6.23. The number of aromatic nitrogens is 1. The van der Waals surface area contributed by atoms with Crippen LogP contribution in [-0.2, 0) is 6.54 Å². The maximum Gasteiger partial charge on any atom is 0.0490 e. The third kappa shape index (κ3) is 2.36. The third-order valence-corrected chi connectivity index (χ3v) is 5.33. The number of nitrogens with zero attached hydrogens (tertiary/aromatic N) is 3. The van der Waals surface area contributed by atoms with Crippen LogP contribution in [0, 0.1) is 5.92 Å². The van der Waals surface area contributed by atoms with Gasteiger partial charge in [0, 0.05) is 37.6 Å². The van der Waals surface area contributed by atoms with E-state index in [1.807, 2.05) is 12.4 Å². The molecule has 4 nitrogen and oxygen atoms in total. The Morgan fingerprint density at radius 2 is 2.05 bits per heavy atom. The van der Waals surface area contributed by atoms with Gasteiger partial charge in [0.1, 0.15) is 0 Å². The van der Waals surface area contributed by atoms with E-state index in [-0.39, 0.29) is 5.54 Å². The van der Waals surface area contributed by atoms with Gasteiger partial charge in [-0.2, -0.15) is 0 Å². The first-order chi connectivity index (χ1) is 9.78. The second-order valence-corrected chi connectivity index (χ2v) is 6.23. The van der Waals surface area contributed by atoms with Crippen LogP contribution in [0.4, 0.5) is 0 Å². The van der Waals surface area contributed by atoms with Gasteiger partial charge >= 0.3 is 0 Å². The summed E-state index contributed by atoms with van der Waals surface area (Å²) in [6.07, 6.45) is 6.39. The quantitative estimate of drug-likeness (QED) is 0.880. The van der Waals surface area contributed by atoms with Crippen molar-refractivity contribution in [3.8, 4) is 0 Å². The highest BCUT2D eigenvalue weighted by atomic mass is 15.3. The lowest BCUT2D eigenvalue weighted by molar-refractivity contribution is -0.0692. The minimum Gasteiger partial charge on any atom is -0.329 e. The largest absolute Gasteiger partial charge is 0.329 e. The highest BCUT2D eigenvalue weighted by Crippen LogP contribution is 2.39. The van der Waals surface area contributed by atoms with Gasteiger partial charge in [0.05, 0.1) is 0 Å². The average molecular weight is 274 g/mol. The molecule has 1 aromatic heterocycles. The Bertz CT molecular complexity index is 427. The summed E-state index contributed by atoms with van der Waals surface area (Å²) in [5.41, 5.74) is 7.79. The molecule has 3 saturated heterocycles. The van der Waals surface area contributed by atoms with Crippen molar-refractivity contribution in [2.75, 3.05) is 32.7 Å². The van der Waals surface area contributed by atoms with Crippen LogP contribution in [0.2, 0.25) is 0 Å². The third-order valence-electron chi connectivity index (χ3n) is 5.33. The Morgan fingerprint density at radius 1 is 1.35 bits per heavy atom. The van der Waals surface area contributed by atoms with Crippen molar-refractivity contribution in [1.29, 1.82) is 0 Å². The summed E-state index contributed by atoms with van der Waals surface area (Å²) in [7, 11) is 0. The lowest BCUT2D eigenvalue weighted by atomic mass is 9.71. The van der Waals surface area contributed by atoms with Crippen LogP contribution in [0.3, 0.4) is 0 Å². The molecule has 0 amide bonds. The number of hydrogen-bond acceptors (Lipinski definition) is 4. The van der Waals surface area contributed by atoms with Crippen LogP contribution >= 0.6 is 0 Å². The zero-order chi connectivity index (χ0) is 14.0. The summed E-state index contributed by atoms with van der Waals surface area (Å²) >= 11 is 0. The fraction of sp³-hybridized carbons (Fsp3) is 0.688. The highest BCUT2D eigenvalue weighted by molar-refractivity contribution is 5.13. The Balaban J connectivity index is 1.83. The standard InChI is InChI=1S/C16H26N4/c1-2-20(11-14-3-7-18-8-4-14)16(12-17)13-19-9-5-15(16)6-10-19/h3-4,7-8,15H,2,5-6,9-13,17H2,1H3. The zero-order valence-electron chi connectivity index (χ0n) is 12.5. The van der Waals surface area contributed by atoms with Crippen molar-refractivity contribution in [3.05, 3.63) is 30.1 Å². The SMILES string of the molecule is CCN(Cc1ccncc1)C1(CN)CN2CCC1CC2. The molecule has 2 bridgehead atoms. The van der Waals surface area contributed by atoms with Crippen LogP contribution < -0.4 is 5.73 Å². The van der Waals surface area contributed by atoms with E-state index in [0.717, 1.165) is 32.1 Å². The molecule has 4 heterocycles. The van der Waals surface area contributed by atoms with Gasteiger partial charge in [-0.15, -0.1) is 0 Å². The summed E-state index contributed by atoms with van der Waals surface area (Å²) in [4.78, 5) is 9.32. The van der Waals surface area contributed by atoms with Gasteiger partial charge in [0.15, 0.2) is 0 Å². The van der Waals surface area contributed by atoms with Crippen LogP contribution in [0.25, 0.3) is 0 Å². The summed E-state index contributed by atoms with van der Waals surface area (Å²) in [6, 6.07) is 4.24. The van der Waals surface area contributed by atoms with Crippen LogP contribution in [0.1, 0.15) is 25.3 Å². The Hall–Kier alpha value is -0.970. The molecule has 1 aromatic rings. The number of pyridine rings is 1. The molecule has 110 valence electrons. The van der Waals surface area contributed by atoms with Crippen molar-refractivity contribution in [2.45, 2.75) is 31.8 Å². The molecular weight excluding hydrogens is 248 g/mol. The van der Waals surface area contributed by atoms with Crippen molar-refractivity contribution in [3.63, 3.8) is 0 Å². The lowest BCUT2D eigenvalue weighted by Crippen LogP contribution is -2.69. The van der Waals surface area contributed by atoms with Gasteiger partial charge in [0.2, 0.25) is 0 Å². The van der Waals surface area contributed by atoms with Gasteiger partial charge in [0.25, 0.3) is 0 Å². The zero-order valence-corrected chi connectivity index (χ0v) is 12.5. The monoisotopic (exact) mass is 274 g/mol. The molecule has 4 rings (SSSR count). The topological polar surface area (TPSA) is 45.4 Å². The molecule has 0 aromatic carbocycles. The van der Waals surface area contributed by atoms with Crippen molar-refractivity contribution in [1.82, 2.24) is 14.8 Å². The Morgan fingerprint density at radius 3 is 2.55 bits per heavy atom. The maximum atomic E-state index is 6.27. The van der Waals surface area contributed by atoms with Crippen LogP contribution in [0.15, 0.2) is 24.5 Å². The Labute approximate surface area is 122 Å². The summed E-state index contributed by atoms with van der Waals surface area (Å²) in [5, 5.41) is 0. The predicted molar refractivity (Wildman–Crippen MR) is 81.3 cm³/mol. The smallest absolute Gasteiger partial charge is 0.0490 e. The molecule has 0 spiro atoms. The maximum absolute atomic E-state index is 6.27. The molecule has 1 atom stereocenters. The first-order valence-corrected chi connectivity index (χ1v) is 7.85. The number of rotatable bonds is 5. The van der Waals surface area contributed by atoms with Gasteiger partial charge in [-0.1, -0.05) is 6.92 Å². The van der Waals surface area contributed by atoms with E-state index < -0.39 is 0 Å². The first-order valence-electron chi connectivity index (χ1n) is 7.85. The molecule has 0 radical (unpaired) electrons. The van der Waals surface area contributed by atoms with Gasteiger partial charge in [-0.3, -0.25) is 9.88 Å². The summed E-state index contributed by atoms with van der Waals surface area (Å²) < 4.78 is 0. The number of nitrogens with two attached hydrogens (primary N) is 1.